The topological polar surface area (TPSA) is 35.8 Å². The SMILES string of the molecule is Cc1cc(NCC(C)(C)C#N)ccc1Br. The highest BCUT2D eigenvalue weighted by molar-refractivity contribution is 9.10. The van der Waals surface area contributed by atoms with Crippen molar-refractivity contribution in [2.24, 2.45) is 5.41 Å². The van der Waals surface area contributed by atoms with Crippen molar-refractivity contribution < 1.29 is 0 Å². The van der Waals surface area contributed by atoms with Crippen molar-refractivity contribution in [3.8, 4) is 6.07 Å². The minimum absolute atomic E-state index is 0.332. The lowest BCUT2D eigenvalue weighted by molar-refractivity contribution is 0.529. The number of benzene rings is 1. The van der Waals surface area contributed by atoms with Gasteiger partial charge in [-0.3, -0.25) is 0 Å². The first-order chi connectivity index (χ1) is 6.94. The number of anilines is 1. The van der Waals surface area contributed by atoms with Crippen molar-refractivity contribution in [1.82, 2.24) is 0 Å². The summed E-state index contributed by atoms with van der Waals surface area (Å²) in [6.45, 7) is 6.55. The summed E-state index contributed by atoms with van der Waals surface area (Å²) in [6.07, 6.45) is 0. The summed E-state index contributed by atoms with van der Waals surface area (Å²) in [5, 5.41) is 12.1. The van der Waals surface area contributed by atoms with Crippen molar-refractivity contribution in [2.75, 3.05) is 11.9 Å². The highest BCUT2D eigenvalue weighted by atomic mass is 79.9. The zero-order valence-electron chi connectivity index (χ0n) is 9.26. The van der Waals surface area contributed by atoms with Crippen LogP contribution in [-0.2, 0) is 0 Å². The van der Waals surface area contributed by atoms with Crippen LogP contribution in [0.5, 0.6) is 0 Å². The van der Waals surface area contributed by atoms with Crippen LogP contribution in [0.25, 0.3) is 0 Å². The first kappa shape index (κ1) is 12.1. The third-order valence-electron chi connectivity index (χ3n) is 2.20. The third-order valence-corrected chi connectivity index (χ3v) is 3.08. The molecule has 1 rings (SSSR count). The smallest absolute Gasteiger partial charge is 0.0702 e. The van der Waals surface area contributed by atoms with E-state index in [9.17, 15) is 0 Å². The average molecular weight is 267 g/mol. The van der Waals surface area contributed by atoms with E-state index in [0.29, 0.717) is 6.54 Å². The molecule has 3 heteroatoms. The van der Waals surface area contributed by atoms with Crippen molar-refractivity contribution in [3.05, 3.63) is 28.2 Å². The quantitative estimate of drug-likeness (QED) is 0.905. The number of nitrogens with zero attached hydrogens (tertiary/aromatic N) is 1. The molecule has 15 heavy (non-hydrogen) atoms. The van der Waals surface area contributed by atoms with Crippen LogP contribution in [0.1, 0.15) is 19.4 Å². The molecule has 1 aromatic carbocycles. The number of aryl methyl sites for hydroxylation is 1. The van der Waals surface area contributed by atoms with E-state index in [0.717, 1.165) is 10.2 Å². The molecule has 1 aromatic rings. The average Bonchev–Trinajstić information content (AvgIpc) is 2.20. The van der Waals surface area contributed by atoms with Gasteiger partial charge in [0.2, 0.25) is 0 Å². The fraction of sp³-hybridized carbons (Fsp3) is 0.417. The monoisotopic (exact) mass is 266 g/mol. The number of hydrogen-bond donors (Lipinski definition) is 1. The van der Waals surface area contributed by atoms with Crippen LogP contribution >= 0.6 is 15.9 Å². The predicted octanol–water partition coefficient (Wildman–Crippen LogP) is 3.72. The fourth-order valence-corrected chi connectivity index (χ4v) is 1.36. The Kier molecular flexibility index (Phi) is 3.76. The molecule has 0 aliphatic carbocycles. The van der Waals surface area contributed by atoms with E-state index in [2.05, 4.69) is 33.4 Å². The second-order valence-electron chi connectivity index (χ2n) is 4.31. The number of nitrogens with one attached hydrogen (secondary N) is 1. The van der Waals surface area contributed by atoms with Crippen LogP contribution < -0.4 is 5.32 Å². The molecule has 0 fully saturated rings. The van der Waals surface area contributed by atoms with Crippen LogP contribution in [0.15, 0.2) is 22.7 Å². The summed E-state index contributed by atoms with van der Waals surface area (Å²) < 4.78 is 1.10. The molecule has 0 heterocycles. The summed E-state index contributed by atoms with van der Waals surface area (Å²) >= 11 is 3.45. The van der Waals surface area contributed by atoms with E-state index in [1.165, 1.54) is 5.56 Å². The Labute approximate surface area is 99.4 Å². The Balaban J connectivity index is 2.67. The van der Waals surface area contributed by atoms with Crippen LogP contribution in [0, 0.1) is 23.7 Å². The lowest BCUT2D eigenvalue weighted by atomic mass is 9.96. The van der Waals surface area contributed by atoms with E-state index in [-0.39, 0.29) is 5.41 Å². The molecule has 80 valence electrons. The number of nitriles is 1. The molecular formula is C12H15BrN2. The molecule has 0 amide bonds. The molecule has 0 aromatic heterocycles. The number of hydrogen-bond acceptors (Lipinski definition) is 2. The summed E-state index contributed by atoms with van der Waals surface area (Å²) in [4.78, 5) is 0. The Morgan fingerprint density at radius 3 is 2.67 bits per heavy atom. The minimum Gasteiger partial charge on any atom is -0.383 e. The van der Waals surface area contributed by atoms with Gasteiger partial charge in [0, 0.05) is 16.7 Å². The molecule has 0 bridgehead atoms. The highest BCUT2D eigenvalue weighted by Gasteiger charge is 2.15. The largest absolute Gasteiger partial charge is 0.383 e. The zero-order valence-corrected chi connectivity index (χ0v) is 10.9. The number of halogens is 1. The molecule has 0 saturated heterocycles. The van der Waals surface area contributed by atoms with E-state index in [1.807, 2.05) is 32.9 Å². The Morgan fingerprint density at radius 1 is 1.47 bits per heavy atom. The van der Waals surface area contributed by atoms with Crippen molar-refractivity contribution in [3.63, 3.8) is 0 Å². The molecule has 0 aliphatic heterocycles. The maximum atomic E-state index is 8.87. The zero-order chi connectivity index (χ0) is 11.5. The fourth-order valence-electron chi connectivity index (χ4n) is 1.12. The Morgan fingerprint density at radius 2 is 2.13 bits per heavy atom. The second-order valence-corrected chi connectivity index (χ2v) is 5.17. The van der Waals surface area contributed by atoms with Gasteiger partial charge < -0.3 is 5.32 Å². The van der Waals surface area contributed by atoms with Gasteiger partial charge in [-0.2, -0.15) is 5.26 Å². The summed E-state index contributed by atoms with van der Waals surface area (Å²) in [6, 6.07) is 8.35. The summed E-state index contributed by atoms with van der Waals surface area (Å²) in [7, 11) is 0. The number of rotatable bonds is 3. The van der Waals surface area contributed by atoms with Gasteiger partial charge in [-0.05, 0) is 44.5 Å². The molecule has 0 aliphatic rings. The first-order valence-corrected chi connectivity index (χ1v) is 5.65. The molecule has 2 nitrogen and oxygen atoms in total. The van der Waals surface area contributed by atoms with Gasteiger partial charge in [-0.1, -0.05) is 15.9 Å². The van der Waals surface area contributed by atoms with E-state index in [1.54, 1.807) is 0 Å². The van der Waals surface area contributed by atoms with Gasteiger partial charge in [-0.25, -0.2) is 0 Å². The summed E-state index contributed by atoms with van der Waals surface area (Å²) in [5.41, 5.74) is 1.91. The third kappa shape index (κ3) is 3.56. The van der Waals surface area contributed by atoms with Gasteiger partial charge in [0.25, 0.3) is 0 Å². The van der Waals surface area contributed by atoms with Crippen molar-refractivity contribution >= 4 is 21.6 Å². The van der Waals surface area contributed by atoms with Gasteiger partial charge in [0.15, 0.2) is 0 Å². The molecular weight excluding hydrogens is 252 g/mol. The van der Waals surface area contributed by atoms with Crippen molar-refractivity contribution in [1.29, 1.82) is 5.26 Å². The van der Waals surface area contributed by atoms with E-state index < -0.39 is 0 Å². The van der Waals surface area contributed by atoms with Gasteiger partial charge in [0.1, 0.15) is 0 Å². The molecule has 0 radical (unpaired) electrons. The Hall–Kier alpha value is -1.01. The van der Waals surface area contributed by atoms with Crippen LogP contribution in [0.4, 0.5) is 5.69 Å². The minimum atomic E-state index is -0.332. The normalized spacial score (nSPS) is 10.9. The van der Waals surface area contributed by atoms with E-state index in [4.69, 9.17) is 5.26 Å². The molecule has 0 unspecified atom stereocenters. The summed E-state index contributed by atoms with van der Waals surface area (Å²) in [5.74, 6) is 0. The Bertz CT molecular complexity index is 391. The maximum Gasteiger partial charge on any atom is 0.0702 e. The lowest BCUT2D eigenvalue weighted by Gasteiger charge is -2.17. The standard InChI is InChI=1S/C12H15BrN2/c1-9-6-10(4-5-11(9)13)15-8-12(2,3)7-14/h4-6,15H,8H2,1-3H3. The predicted molar refractivity (Wildman–Crippen MR) is 66.8 cm³/mol. The van der Waals surface area contributed by atoms with Crippen LogP contribution in [0.2, 0.25) is 0 Å². The highest BCUT2D eigenvalue weighted by Crippen LogP contribution is 2.21. The van der Waals surface area contributed by atoms with Gasteiger partial charge >= 0.3 is 0 Å². The molecule has 0 spiro atoms. The first-order valence-electron chi connectivity index (χ1n) is 4.86. The van der Waals surface area contributed by atoms with Crippen LogP contribution in [0.3, 0.4) is 0 Å². The van der Waals surface area contributed by atoms with Gasteiger partial charge in [-0.15, -0.1) is 0 Å². The second kappa shape index (κ2) is 4.67. The maximum absolute atomic E-state index is 8.87. The molecule has 0 saturated carbocycles. The van der Waals surface area contributed by atoms with Crippen LogP contribution in [-0.4, -0.2) is 6.54 Å². The lowest BCUT2D eigenvalue weighted by Crippen LogP contribution is -2.20. The molecule has 0 atom stereocenters. The van der Waals surface area contributed by atoms with E-state index >= 15 is 0 Å². The van der Waals surface area contributed by atoms with Gasteiger partial charge in [0.05, 0.1) is 11.5 Å². The molecule has 1 N–H and O–H groups in total. The van der Waals surface area contributed by atoms with Crippen molar-refractivity contribution in [2.45, 2.75) is 20.8 Å².